The number of hydrogen-bond acceptors (Lipinski definition) is 2. The highest BCUT2D eigenvalue weighted by Gasteiger charge is 2.23. The Morgan fingerprint density at radius 2 is 2.36 bits per heavy atom. The lowest BCUT2D eigenvalue weighted by Crippen LogP contribution is -2.35. The first kappa shape index (κ1) is 11.9. The van der Waals surface area contributed by atoms with Gasteiger partial charge in [-0.25, -0.2) is 0 Å². The minimum absolute atomic E-state index is 0.301. The van der Waals surface area contributed by atoms with Crippen LogP contribution in [-0.2, 0) is 4.79 Å². The van der Waals surface area contributed by atoms with Crippen molar-refractivity contribution in [3.05, 3.63) is 0 Å². The van der Waals surface area contributed by atoms with Gasteiger partial charge in [-0.2, -0.15) is 11.8 Å². The highest BCUT2D eigenvalue weighted by atomic mass is 32.2. The van der Waals surface area contributed by atoms with Crippen LogP contribution >= 0.6 is 11.8 Å². The maximum Gasteiger partial charge on any atom is 0.226 e. The second-order valence-electron chi connectivity index (χ2n) is 4.03. The van der Waals surface area contributed by atoms with Gasteiger partial charge in [0.15, 0.2) is 0 Å². The van der Waals surface area contributed by atoms with Crippen molar-refractivity contribution < 1.29 is 4.79 Å². The van der Waals surface area contributed by atoms with E-state index >= 15 is 0 Å². The van der Waals surface area contributed by atoms with Crippen LogP contribution in [0, 0.1) is 5.92 Å². The van der Waals surface area contributed by atoms with E-state index in [9.17, 15) is 4.79 Å². The Balaban J connectivity index is 2.30. The molecule has 2 nitrogen and oxygen atoms in total. The Hall–Kier alpha value is -0.180. The van der Waals surface area contributed by atoms with Gasteiger partial charge in [0.05, 0.1) is 0 Å². The van der Waals surface area contributed by atoms with Gasteiger partial charge in [0, 0.05) is 25.3 Å². The summed E-state index contributed by atoms with van der Waals surface area (Å²) >= 11 is 1.93. The molecule has 0 saturated carbocycles. The Morgan fingerprint density at radius 1 is 1.57 bits per heavy atom. The van der Waals surface area contributed by atoms with Crippen LogP contribution in [0.2, 0.25) is 0 Å². The second-order valence-corrected chi connectivity index (χ2v) is 5.18. The molecule has 0 N–H and O–H groups in total. The van der Waals surface area contributed by atoms with E-state index in [1.165, 1.54) is 12.2 Å². The van der Waals surface area contributed by atoms with E-state index in [0.29, 0.717) is 11.8 Å². The van der Waals surface area contributed by atoms with Gasteiger partial charge in [-0.1, -0.05) is 13.3 Å². The third kappa shape index (κ3) is 3.52. The highest BCUT2D eigenvalue weighted by Crippen LogP contribution is 2.23. The van der Waals surface area contributed by atoms with Crippen LogP contribution < -0.4 is 0 Å². The number of rotatable bonds is 4. The van der Waals surface area contributed by atoms with Crippen LogP contribution in [-0.4, -0.2) is 35.9 Å². The molecule has 1 atom stereocenters. The summed E-state index contributed by atoms with van der Waals surface area (Å²) in [6.45, 7) is 3.09. The van der Waals surface area contributed by atoms with Gasteiger partial charge < -0.3 is 4.90 Å². The first-order valence-electron chi connectivity index (χ1n) is 5.58. The van der Waals surface area contributed by atoms with E-state index < -0.39 is 0 Å². The van der Waals surface area contributed by atoms with Gasteiger partial charge >= 0.3 is 0 Å². The summed E-state index contributed by atoms with van der Waals surface area (Å²) < 4.78 is 0. The molecule has 0 aromatic rings. The molecule has 3 heteroatoms. The molecule has 0 aliphatic carbocycles. The maximum atomic E-state index is 11.9. The van der Waals surface area contributed by atoms with E-state index in [-0.39, 0.29) is 0 Å². The lowest BCUT2D eigenvalue weighted by molar-refractivity contribution is -0.133. The van der Waals surface area contributed by atoms with Crippen molar-refractivity contribution in [2.45, 2.75) is 32.6 Å². The summed E-state index contributed by atoms with van der Waals surface area (Å²) in [6.07, 6.45) is 4.60. The number of hydrogen-bond donors (Lipinski definition) is 0. The fourth-order valence-electron chi connectivity index (χ4n) is 1.75. The third-order valence-electron chi connectivity index (χ3n) is 2.73. The lowest BCUT2D eigenvalue weighted by atomic mass is 10.0. The molecule has 1 aliphatic rings. The van der Waals surface area contributed by atoms with Crippen LogP contribution in [0.5, 0.6) is 0 Å². The van der Waals surface area contributed by atoms with Crippen LogP contribution in [0.25, 0.3) is 0 Å². The standard InChI is InChI=1S/C11H21NOS/c1-3-4-7-12(2)11(13)10-6-5-8-14-9-10/h10H,3-9H2,1-2H3. The van der Waals surface area contributed by atoms with Crippen LogP contribution in [0.1, 0.15) is 32.6 Å². The van der Waals surface area contributed by atoms with E-state index in [1.54, 1.807) is 0 Å². The number of carbonyl (C=O) groups excluding carboxylic acids is 1. The van der Waals surface area contributed by atoms with Crippen molar-refractivity contribution in [3.8, 4) is 0 Å². The van der Waals surface area contributed by atoms with Gasteiger partial charge in [-0.15, -0.1) is 0 Å². The summed E-state index contributed by atoms with van der Waals surface area (Å²) in [5.74, 6) is 2.94. The summed E-state index contributed by atoms with van der Waals surface area (Å²) in [5.41, 5.74) is 0. The molecule has 0 radical (unpaired) electrons. The first-order valence-corrected chi connectivity index (χ1v) is 6.74. The second kappa shape index (κ2) is 6.33. The van der Waals surface area contributed by atoms with Crippen molar-refractivity contribution in [1.82, 2.24) is 4.90 Å². The minimum atomic E-state index is 0.301. The Kier molecular flexibility index (Phi) is 5.38. The van der Waals surface area contributed by atoms with Gasteiger partial charge in [-0.3, -0.25) is 4.79 Å². The molecule has 0 spiro atoms. The topological polar surface area (TPSA) is 20.3 Å². The monoisotopic (exact) mass is 215 g/mol. The van der Waals surface area contributed by atoms with Crippen molar-refractivity contribution >= 4 is 17.7 Å². The first-order chi connectivity index (χ1) is 6.75. The molecule has 1 amide bonds. The summed E-state index contributed by atoms with van der Waals surface area (Å²) in [5, 5.41) is 0. The fraction of sp³-hybridized carbons (Fsp3) is 0.909. The van der Waals surface area contributed by atoms with E-state index in [4.69, 9.17) is 0 Å². The molecule has 1 saturated heterocycles. The van der Waals surface area contributed by atoms with Gasteiger partial charge in [-0.05, 0) is 25.0 Å². The molecule has 0 bridgehead atoms. The predicted molar refractivity (Wildman–Crippen MR) is 62.6 cm³/mol. The lowest BCUT2D eigenvalue weighted by Gasteiger charge is -2.26. The number of amides is 1. The largest absolute Gasteiger partial charge is 0.345 e. The maximum absolute atomic E-state index is 11.9. The molecule has 1 aliphatic heterocycles. The zero-order chi connectivity index (χ0) is 10.4. The molecule has 1 unspecified atom stereocenters. The summed E-state index contributed by atoms with van der Waals surface area (Å²) in [4.78, 5) is 13.8. The zero-order valence-corrected chi connectivity index (χ0v) is 10.1. The molecule has 1 heterocycles. The molecular weight excluding hydrogens is 194 g/mol. The average molecular weight is 215 g/mol. The SMILES string of the molecule is CCCCN(C)C(=O)C1CCCSC1. The Morgan fingerprint density at radius 3 is 2.93 bits per heavy atom. The number of thioether (sulfide) groups is 1. The number of unbranched alkanes of at least 4 members (excludes halogenated alkanes) is 1. The quantitative estimate of drug-likeness (QED) is 0.717. The van der Waals surface area contributed by atoms with Gasteiger partial charge in [0.2, 0.25) is 5.91 Å². The molecule has 82 valence electrons. The van der Waals surface area contributed by atoms with Gasteiger partial charge in [0.25, 0.3) is 0 Å². The van der Waals surface area contributed by atoms with Crippen molar-refractivity contribution in [2.24, 2.45) is 5.92 Å². The smallest absolute Gasteiger partial charge is 0.226 e. The third-order valence-corrected chi connectivity index (χ3v) is 3.95. The minimum Gasteiger partial charge on any atom is -0.345 e. The Bertz CT molecular complexity index is 178. The zero-order valence-electron chi connectivity index (χ0n) is 9.29. The van der Waals surface area contributed by atoms with Crippen molar-refractivity contribution in [1.29, 1.82) is 0 Å². The van der Waals surface area contributed by atoms with Crippen LogP contribution in [0.15, 0.2) is 0 Å². The summed E-state index contributed by atoms with van der Waals surface area (Å²) in [6, 6.07) is 0. The highest BCUT2D eigenvalue weighted by molar-refractivity contribution is 7.99. The molecular formula is C11H21NOS. The van der Waals surface area contributed by atoms with Crippen LogP contribution in [0.4, 0.5) is 0 Å². The fourth-order valence-corrected chi connectivity index (χ4v) is 2.88. The van der Waals surface area contributed by atoms with E-state index in [1.807, 2.05) is 23.7 Å². The predicted octanol–water partition coefficient (Wildman–Crippen LogP) is 2.39. The van der Waals surface area contributed by atoms with E-state index in [0.717, 1.165) is 31.6 Å². The Labute approximate surface area is 91.4 Å². The van der Waals surface area contributed by atoms with Crippen molar-refractivity contribution in [2.75, 3.05) is 25.1 Å². The normalized spacial score (nSPS) is 22.0. The molecule has 0 aromatic carbocycles. The van der Waals surface area contributed by atoms with Gasteiger partial charge in [0.1, 0.15) is 0 Å². The van der Waals surface area contributed by atoms with Crippen molar-refractivity contribution in [3.63, 3.8) is 0 Å². The molecule has 1 fully saturated rings. The molecule has 0 aromatic heterocycles. The number of carbonyl (C=O) groups is 1. The molecule has 14 heavy (non-hydrogen) atoms. The average Bonchev–Trinajstić information content (AvgIpc) is 2.26. The molecule has 1 rings (SSSR count). The van der Waals surface area contributed by atoms with Crippen LogP contribution in [0.3, 0.4) is 0 Å². The number of nitrogens with zero attached hydrogens (tertiary/aromatic N) is 1. The summed E-state index contributed by atoms with van der Waals surface area (Å²) in [7, 11) is 1.94. The van der Waals surface area contributed by atoms with E-state index in [2.05, 4.69) is 6.92 Å².